The number of allylic oxidation sites excluding steroid dienone is 2. The molecule has 3 N–H and O–H groups in total. The van der Waals surface area contributed by atoms with Crippen molar-refractivity contribution in [3.05, 3.63) is 23.3 Å². The van der Waals surface area contributed by atoms with Crippen LogP contribution in [0.3, 0.4) is 0 Å². The van der Waals surface area contributed by atoms with Crippen LogP contribution in [0.5, 0.6) is 0 Å². The summed E-state index contributed by atoms with van der Waals surface area (Å²) in [5.74, 6) is -0.252. The van der Waals surface area contributed by atoms with E-state index < -0.39 is 17.3 Å². The van der Waals surface area contributed by atoms with Crippen LogP contribution in [0.1, 0.15) is 59.8 Å². The molecule has 134 valence electrons. The Hall–Kier alpha value is -0.970. The average molecular weight is 334 g/mol. The van der Waals surface area contributed by atoms with E-state index in [2.05, 4.69) is 13.8 Å². The monoisotopic (exact) mass is 334 g/mol. The highest BCUT2D eigenvalue weighted by atomic mass is 16.3. The van der Waals surface area contributed by atoms with Gasteiger partial charge in [0.25, 0.3) is 0 Å². The minimum atomic E-state index is -1.34. The average Bonchev–Trinajstić information content (AvgIpc) is 2.54. The van der Waals surface area contributed by atoms with Crippen LogP contribution in [0.2, 0.25) is 0 Å². The van der Waals surface area contributed by atoms with E-state index in [1.807, 2.05) is 13.8 Å². The van der Waals surface area contributed by atoms with Gasteiger partial charge in [-0.2, -0.15) is 0 Å². The van der Waals surface area contributed by atoms with Crippen molar-refractivity contribution in [1.29, 1.82) is 0 Å². The van der Waals surface area contributed by atoms with E-state index in [9.17, 15) is 20.1 Å². The Morgan fingerprint density at radius 2 is 1.83 bits per heavy atom. The summed E-state index contributed by atoms with van der Waals surface area (Å²) in [6.45, 7) is 8.11. The molecular weight excluding hydrogens is 304 g/mol. The Morgan fingerprint density at radius 1 is 1.17 bits per heavy atom. The van der Waals surface area contributed by atoms with Crippen LogP contribution in [-0.4, -0.2) is 38.4 Å². The predicted molar refractivity (Wildman–Crippen MR) is 92.3 cm³/mol. The normalized spacial score (nSPS) is 41.9. The number of ketones is 1. The number of carbonyl (C=O) groups is 1. The molecule has 0 heterocycles. The molecule has 0 spiro atoms. The number of rotatable bonds is 1. The zero-order valence-corrected chi connectivity index (χ0v) is 15.2. The van der Waals surface area contributed by atoms with Gasteiger partial charge in [-0.15, -0.1) is 0 Å². The maximum Gasteiger partial charge on any atom is 0.182 e. The lowest BCUT2D eigenvalue weighted by Crippen LogP contribution is -2.56. The fourth-order valence-electron chi connectivity index (χ4n) is 5.20. The third kappa shape index (κ3) is 2.51. The molecule has 0 saturated heterocycles. The van der Waals surface area contributed by atoms with Crippen molar-refractivity contribution in [3.63, 3.8) is 0 Å². The van der Waals surface area contributed by atoms with E-state index in [-0.39, 0.29) is 28.6 Å². The van der Waals surface area contributed by atoms with Crippen LogP contribution in [0.15, 0.2) is 23.3 Å². The zero-order chi connectivity index (χ0) is 17.9. The van der Waals surface area contributed by atoms with Crippen molar-refractivity contribution < 1.29 is 20.1 Å². The van der Waals surface area contributed by atoms with Gasteiger partial charge < -0.3 is 15.3 Å². The second-order valence-corrected chi connectivity index (χ2v) is 8.97. The van der Waals surface area contributed by atoms with Gasteiger partial charge in [0.05, 0.1) is 5.60 Å². The maximum atomic E-state index is 12.4. The molecule has 0 aromatic rings. The minimum absolute atomic E-state index is 0.0153. The molecule has 0 unspecified atom stereocenters. The number of carbonyl (C=O) groups excluding carboxylic acids is 1. The summed E-state index contributed by atoms with van der Waals surface area (Å²) in [7, 11) is 0. The minimum Gasteiger partial charge on any atom is -0.387 e. The number of fused-ring (bicyclic) bond motifs is 2. The molecule has 3 aliphatic carbocycles. The van der Waals surface area contributed by atoms with E-state index in [0.717, 1.165) is 12.8 Å². The fraction of sp³-hybridized carbons (Fsp3) is 0.750. The molecule has 0 aliphatic heterocycles. The van der Waals surface area contributed by atoms with E-state index >= 15 is 0 Å². The molecule has 2 fully saturated rings. The Balaban J connectivity index is 2.09. The molecular formula is C20H30O4. The zero-order valence-electron chi connectivity index (χ0n) is 15.2. The lowest BCUT2D eigenvalue weighted by Gasteiger charge is -2.51. The van der Waals surface area contributed by atoms with Gasteiger partial charge in [-0.1, -0.05) is 27.7 Å². The van der Waals surface area contributed by atoms with Crippen LogP contribution >= 0.6 is 0 Å². The molecule has 0 aromatic carbocycles. The van der Waals surface area contributed by atoms with Crippen LogP contribution in [0.25, 0.3) is 0 Å². The summed E-state index contributed by atoms with van der Waals surface area (Å²) in [6, 6.07) is 0. The number of aliphatic hydroxyl groups is 3. The summed E-state index contributed by atoms with van der Waals surface area (Å²) in [5.41, 5.74) is -1.85. The second kappa shape index (κ2) is 5.52. The van der Waals surface area contributed by atoms with E-state index in [0.29, 0.717) is 24.8 Å². The van der Waals surface area contributed by atoms with Crippen molar-refractivity contribution in [1.82, 2.24) is 0 Å². The molecule has 2 saturated carbocycles. The molecule has 0 bridgehead atoms. The summed E-state index contributed by atoms with van der Waals surface area (Å²) in [4.78, 5) is 12.4. The third-order valence-corrected chi connectivity index (χ3v) is 6.61. The van der Waals surface area contributed by atoms with Gasteiger partial charge in [0.15, 0.2) is 5.78 Å². The number of aliphatic hydroxyl groups excluding tert-OH is 1. The maximum absolute atomic E-state index is 12.4. The Morgan fingerprint density at radius 3 is 2.46 bits per heavy atom. The van der Waals surface area contributed by atoms with Gasteiger partial charge in [-0.3, -0.25) is 4.79 Å². The van der Waals surface area contributed by atoms with E-state index in [4.69, 9.17) is 0 Å². The van der Waals surface area contributed by atoms with Gasteiger partial charge in [0, 0.05) is 11.1 Å². The summed E-state index contributed by atoms with van der Waals surface area (Å²) in [5, 5.41) is 33.6. The molecule has 24 heavy (non-hydrogen) atoms. The summed E-state index contributed by atoms with van der Waals surface area (Å²) in [6.07, 6.45) is 5.20. The van der Waals surface area contributed by atoms with Gasteiger partial charge in [0.1, 0.15) is 11.7 Å². The smallest absolute Gasteiger partial charge is 0.182 e. The lowest BCUT2D eigenvalue weighted by atomic mass is 9.58. The topological polar surface area (TPSA) is 77.8 Å². The standard InChI is InChI=1S/C20H30O4/c1-12(2)13-11-19(23)9-6-16-18(3,4)7-5-8-20(16,24)17(22)14(19)10-15(13)21/h10-12,16-17,22-24H,5-9H2,1-4H3/t16-,17-,19+,20+/m1/s1. The van der Waals surface area contributed by atoms with Crippen LogP contribution < -0.4 is 0 Å². The molecule has 4 atom stereocenters. The van der Waals surface area contributed by atoms with Gasteiger partial charge >= 0.3 is 0 Å². The largest absolute Gasteiger partial charge is 0.387 e. The van der Waals surface area contributed by atoms with Crippen molar-refractivity contribution in [2.24, 2.45) is 17.3 Å². The first-order chi connectivity index (χ1) is 11.0. The number of hydrogen-bond donors (Lipinski definition) is 3. The summed E-state index contributed by atoms with van der Waals surface area (Å²) >= 11 is 0. The van der Waals surface area contributed by atoms with Gasteiger partial charge in [-0.05, 0) is 61.5 Å². The van der Waals surface area contributed by atoms with Crippen LogP contribution in [0, 0.1) is 17.3 Å². The van der Waals surface area contributed by atoms with Crippen LogP contribution in [-0.2, 0) is 4.79 Å². The molecule has 3 aliphatic rings. The SMILES string of the molecule is CC(C)C1=C[C@@]2(O)CC[C@@H]3C(C)(C)CCC[C@@]3(O)[C@H](O)C2=CC1=O. The predicted octanol–water partition coefficient (Wildman–Crippen LogP) is 2.52. The first kappa shape index (κ1) is 17.8. The van der Waals surface area contributed by atoms with Gasteiger partial charge in [0.2, 0.25) is 0 Å². The third-order valence-electron chi connectivity index (χ3n) is 6.61. The summed E-state index contributed by atoms with van der Waals surface area (Å²) < 4.78 is 0. The second-order valence-electron chi connectivity index (χ2n) is 8.97. The Labute approximate surface area is 144 Å². The molecule has 3 rings (SSSR count). The molecule has 4 heteroatoms. The lowest BCUT2D eigenvalue weighted by molar-refractivity contribution is -0.155. The molecule has 4 nitrogen and oxygen atoms in total. The van der Waals surface area contributed by atoms with Crippen molar-refractivity contribution in [2.75, 3.05) is 0 Å². The number of hydrogen-bond acceptors (Lipinski definition) is 4. The quantitative estimate of drug-likeness (QED) is 0.688. The Kier molecular flexibility index (Phi) is 4.10. The highest BCUT2D eigenvalue weighted by Gasteiger charge is 2.58. The first-order valence-electron chi connectivity index (χ1n) is 9.13. The fourth-order valence-corrected chi connectivity index (χ4v) is 5.20. The van der Waals surface area contributed by atoms with Crippen molar-refractivity contribution >= 4 is 5.78 Å². The van der Waals surface area contributed by atoms with E-state index in [1.165, 1.54) is 6.08 Å². The Bertz CT molecular complexity index is 615. The van der Waals surface area contributed by atoms with Crippen molar-refractivity contribution in [3.8, 4) is 0 Å². The van der Waals surface area contributed by atoms with E-state index in [1.54, 1.807) is 6.08 Å². The van der Waals surface area contributed by atoms with Crippen molar-refractivity contribution in [2.45, 2.75) is 77.1 Å². The van der Waals surface area contributed by atoms with Gasteiger partial charge in [-0.25, -0.2) is 0 Å². The molecule has 0 amide bonds. The molecule has 0 aromatic heterocycles. The highest BCUT2D eigenvalue weighted by Crippen LogP contribution is 2.55. The molecule has 0 radical (unpaired) electrons. The first-order valence-corrected chi connectivity index (χ1v) is 9.13. The highest BCUT2D eigenvalue weighted by molar-refractivity contribution is 6.06. The van der Waals surface area contributed by atoms with Crippen LogP contribution in [0.4, 0.5) is 0 Å².